The number of aromatic nitrogens is 1. The van der Waals surface area contributed by atoms with E-state index in [2.05, 4.69) is 10.3 Å². The Balaban J connectivity index is 1.59. The Bertz CT molecular complexity index is 768. The summed E-state index contributed by atoms with van der Waals surface area (Å²) in [5, 5.41) is 3.35. The van der Waals surface area contributed by atoms with Crippen LogP contribution in [0.3, 0.4) is 0 Å². The first-order valence-corrected chi connectivity index (χ1v) is 6.60. The van der Waals surface area contributed by atoms with E-state index in [4.69, 9.17) is 20.8 Å². The van der Waals surface area contributed by atoms with Gasteiger partial charge in [0.05, 0.1) is 0 Å². The van der Waals surface area contributed by atoms with Crippen LogP contribution in [0.5, 0.6) is 5.75 Å². The molecule has 106 valence electrons. The number of halogens is 1. The SMILES string of the molecule is O=C(COc1ccc(Cl)cc1)Nc1ccc2ncoc2c1. The first-order chi connectivity index (χ1) is 10.2. The number of benzene rings is 2. The van der Waals surface area contributed by atoms with Crippen molar-refractivity contribution in [2.24, 2.45) is 0 Å². The van der Waals surface area contributed by atoms with E-state index in [1.165, 1.54) is 6.39 Å². The number of carbonyl (C=O) groups excluding carboxylic acids is 1. The van der Waals surface area contributed by atoms with E-state index in [1.54, 1.807) is 42.5 Å². The van der Waals surface area contributed by atoms with Crippen molar-refractivity contribution in [2.75, 3.05) is 11.9 Å². The van der Waals surface area contributed by atoms with Gasteiger partial charge >= 0.3 is 0 Å². The van der Waals surface area contributed by atoms with Gasteiger partial charge in [0.2, 0.25) is 0 Å². The molecule has 1 heterocycles. The van der Waals surface area contributed by atoms with Crippen molar-refractivity contribution in [1.29, 1.82) is 0 Å². The number of rotatable bonds is 4. The van der Waals surface area contributed by atoms with Crippen molar-refractivity contribution >= 4 is 34.3 Å². The number of fused-ring (bicyclic) bond motifs is 1. The molecule has 1 amide bonds. The molecule has 6 heteroatoms. The lowest BCUT2D eigenvalue weighted by atomic mass is 10.3. The smallest absolute Gasteiger partial charge is 0.262 e. The van der Waals surface area contributed by atoms with Crippen molar-refractivity contribution in [3.05, 3.63) is 53.9 Å². The summed E-state index contributed by atoms with van der Waals surface area (Å²) in [6.45, 7) is -0.0872. The predicted molar refractivity (Wildman–Crippen MR) is 79.6 cm³/mol. The largest absolute Gasteiger partial charge is 0.484 e. The maximum absolute atomic E-state index is 11.8. The van der Waals surface area contributed by atoms with Gasteiger partial charge in [0.1, 0.15) is 11.3 Å². The lowest BCUT2D eigenvalue weighted by Gasteiger charge is -2.07. The van der Waals surface area contributed by atoms with Crippen molar-refractivity contribution in [1.82, 2.24) is 4.98 Å². The highest BCUT2D eigenvalue weighted by molar-refractivity contribution is 6.30. The summed E-state index contributed by atoms with van der Waals surface area (Å²) >= 11 is 5.77. The third kappa shape index (κ3) is 3.32. The molecule has 1 aromatic heterocycles. The van der Waals surface area contributed by atoms with Crippen LogP contribution in [0.2, 0.25) is 5.02 Å². The van der Waals surface area contributed by atoms with Crippen LogP contribution in [0, 0.1) is 0 Å². The van der Waals surface area contributed by atoms with E-state index in [0.717, 1.165) is 5.52 Å². The third-order valence-corrected chi connectivity index (χ3v) is 3.05. The lowest BCUT2D eigenvalue weighted by Crippen LogP contribution is -2.20. The second-order valence-corrected chi connectivity index (χ2v) is 4.76. The summed E-state index contributed by atoms with van der Waals surface area (Å²) in [5.41, 5.74) is 1.99. The quantitative estimate of drug-likeness (QED) is 0.801. The third-order valence-electron chi connectivity index (χ3n) is 2.80. The molecule has 1 N–H and O–H groups in total. The van der Waals surface area contributed by atoms with Gasteiger partial charge in [-0.05, 0) is 36.4 Å². The molecule has 3 rings (SSSR count). The van der Waals surface area contributed by atoms with E-state index in [-0.39, 0.29) is 12.5 Å². The second-order valence-electron chi connectivity index (χ2n) is 4.33. The van der Waals surface area contributed by atoms with Crippen LogP contribution in [0.4, 0.5) is 5.69 Å². The fourth-order valence-electron chi connectivity index (χ4n) is 1.81. The van der Waals surface area contributed by atoms with Crippen LogP contribution in [0.25, 0.3) is 11.1 Å². The maximum atomic E-state index is 11.8. The van der Waals surface area contributed by atoms with E-state index in [1.807, 2.05) is 0 Å². The Hall–Kier alpha value is -2.53. The first-order valence-electron chi connectivity index (χ1n) is 6.22. The highest BCUT2D eigenvalue weighted by Gasteiger charge is 2.06. The Labute approximate surface area is 125 Å². The zero-order valence-corrected chi connectivity index (χ0v) is 11.6. The molecule has 2 aromatic carbocycles. The van der Waals surface area contributed by atoms with Gasteiger partial charge in [0, 0.05) is 16.8 Å². The second kappa shape index (κ2) is 5.85. The lowest BCUT2D eigenvalue weighted by molar-refractivity contribution is -0.118. The summed E-state index contributed by atoms with van der Waals surface area (Å²) in [7, 11) is 0. The van der Waals surface area contributed by atoms with Crippen LogP contribution >= 0.6 is 11.6 Å². The van der Waals surface area contributed by atoms with Gasteiger partial charge in [0.15, 0.2) is 18.6 Å². The Morgan fingerprint density at radius 1 is 1.24 bits per heavy atom. The molecule has 0 aliphatic heterocycles. The fourth-order valence-corrected chi connectivity index (χ4v) is 1.94. The molecule has 0 saturated carbocycles. The molecule has 0 unspecified atom stereocenters. The number of carbonyl (C=O) groups is 1. The summed E-state index contributed by atoms with van der Waals surface area (Å²) < 4.78 is 10.5. The van der Waals surface area contributed by atoms with E-state index < -0.39 is 0 Å². The Kier molecular flexibility index (Phi) is 3.75. The molecule has 0 spiro atoms. The molecule has 0 bridgehead atoms. The minimum atomic E-state index is -0.260. The number of ether oxygens (including phenoxy) is 1. The minimum absolute atomic E-state index is 0.0872. The molecule has 21 heavy (non-hydrogen) atoms. The number of nitrogens with zero attached hydrogens (tertiary/aromatic N) is 1. The van der Waals surface area contributed by atoms with Gasteiger partial charge in [-0.3, -0.25) is 4.79 Å². The van der Waals surface area contributed by atoms with Crippen molar-refractivity contribution in [2.45, 2.75) is 0 Å². The van der Waals surface area contributed by atoms with Crippen LogP contribution < -0.4 is 10.1 Å². The van der Waals surface area contributed by atoms with Crippen LogP contribution in [-0.2, 0) is 4.79 Å². The number of hydrogen-bond acceptors (Lipinski definition) is 4. The van der Waals surface area contributed by atoms with E-state index in [0.29, 0.717) is 22.0 Å². The summed E-state index contributed by atoms with van der Waals surface area (Å²) in [5.74, 6) is 0.323. The van der Waals surface area contributed by atoms with E-state index >= 15 is 0 Å². The molecule has 5 nitrogen and oxygen atoms in total. The fraction of sp³-hybridized carbons (Fsp3) is 0.0667. The highest BCUT2D eigenvalue weighted by Crippen LogP contribution is 2.18. The maximum Gasteiger partial charge on any atom is 0.262 e. The zero-order chi connectivity index (χ0) is 14.7. The van der Waals surface area contributed by atoms with Crippen LogP contribution in [0.1, 0.15) is 0 Å². The molecule has 3 aromatic rings. The summed E-state index contributed by atoms with van der Waals surface area (Å²) in [6, 6.07) is 12.0. The molecule has 0 atom stereocenters. The van der Waals surface area contributed by atoms with Crippen LogP contribution in [-0.4, -0.2) is 17.5 Å². The van der Waals surface area contributed by atoms with Crippen molar-refractivity contribution < 1.29 is 13.9 Å². The van der Waals surface area contributed by atoms with Crippen molar-refractivity contribution in [3.8, 4) is 5.75 Å². The van der Waals surface area contributed by atoms with Gasteiger partial charge in [-0.2, -0.15) is 0 Å². The molecule has 0 aliphatic carbocycles. The molecule has 0 saturated heterocycles. The first kappa shape index (κ1) is 13.5. The number of amides is 1. The molecule has 0 fully saturated rings. The minimum Gasteiger partial charge on any atom is -0.484 e. The number of nitrogens with one attached hydrogen (secondary N) is 1. The number of hydrogen-bond donors (Lipinski definition) is 1. The van der Waals surface area contributed by atoms with Gasteiger partial charge in [0.25, 0.3) is 5.91 Å². The number of anilines is 1. The number of oxazole rings is 1. The molecular weight excluding hydrogens is 292 g/mol. The molecule has 0 aliphatic rings. The van der Waals surface area contributed by atoms with Gasteiger partial charge in [-0.15, -0.1) is 0 Å². The predicted octanol–water partition coefficient (Wildman–Crippen LogP) is 3.50. The molecule has 0 radical (unpaired) electrons. The van der Waals surface area contributed by atoms with Crippen LogP contribution in [0.15, 0.2) is 53.3 Å². The van der Waals surface area contributed by atoms with Crippen molar-refractivity contribution in [3.63, 3.8) is 0 Å². The average Bonchev–Trinajstić information content (AvgIpc) is 2.94. The van der Waals surface area contributed by atoms with Gasteiger partial charge in [-0.1, -0.05) is 11.6 Å². The Morgan fingerprint density at radius 2 is 2.05 bits per heavy atom. The van der Waals surface area contributed by atoms with E-state index in [9.17, 15) is 4.79 Å². The topological polar surface area (TPSA) is 64.4 Å². The standard InChI is InChI=1S/C15H11ClN2O3/c16-10-1-4-12(5-2-10)20-8-15(19)18-11-3-6-13-14(7-11)21-9-17-13/h1-7,9H,8H2,(H,18,19). The Morgan fingerprint density at radius 3 is 2.86 bits per heavy atom. The zero-order valence-electron chi connectivity index (χ0n) is 10.9. The molecular formula is C15H11ClN2O3. The average molecular weight is 303 g/mol. The summed E-state index contributed by atoms with van der Waals surface area (Å²) in [4.78, 5) is 15.8. The van der Waals surface area contributed by atoms with Gasteiger partial charge in [-0.25, -0.2) is 4.98 Å². The van der Waals surface area contributed by atoms with Gasteiger partial charge < -0.3 is 14.5 Å². The normalized spacial score (nSPS) is 10.5. The highest BCUT2D eigenvalue weighted by atomic mass is 35.5. The summed E-state index contributed by atoms with van der Waals surface area (Å²) in [6.07, 6.45) is 1.36. The monoisotopic (exact) mass is 302 g/mol.